The Labute approximate surface area is 463 Å². The Bertz CT molecular complexity index is 1890. The molecule has 0 saturated carbocycles. The van der Waals surface area contributed by atoms with E-state index >= 15 is 0 Å². The smallest absolute Gasteiger partial charge is 0.335 e. The average molecular weight is 1070 g/mol. The van der Waals surface area contributed by atoms with Gasteiger partial charge in [0.1, 0.15) is 18.8 Å². The third kappa shape index (κ3) is 41.4. The SMILES string of the molecule is CC/C=C\C/C=C\C/C=C\C/C=C\CCCCCCC(=O)OCC(COC1OC(C(=O)O)C(O)C(O)C1OC(=O)CC/C=C\C/C=C\C/C=C\C/C=C\CC)OC(=O)CCCCCC/C=C\C/C=C\C/C=C\C/C=C\CC. The first-order valence-corrected chi connectivity index (χ1v) is 28.8. The van der Waals surface area contributed by atoms with Gasteiger partial charge in [-0.15, -0.1) is 0 Å². The summed E-state index contributed by atoms with van der Waals surface area (Å²) < 4.78 is 28.3. The minimum atomic E-state index is -1.94. The maximum absolute atomic E-state index is 13.1. The van der Waals surface area contributed by atoms with Crippen LogP contribution in [-0.4, -0.2) is 89.2 Å². The van der Waals surface area contributed by atoms with Crippen molar-refractivity contribution in [3.8, 4) is 0 Å². The summed E-state index contributed by atoms with van der Waals surface area (Å²) in [6, 6.07) is 0. The van der Waals surface area contributed by atoms with Gasteiger partial charge in [0.15, 0.2) is 24.6 Å². The fourth-order valence-electron chi connectivity index (χ4n) is 7.60. The summed E-state index contributed by atoms with van der Waals surface area (Å²) in [5.74, 6) is -3.32. The molecule has 0 radical (unpaired) electrons. The standard InChI is InChI=1S/C65H98O12/c1-4-7-10-13-16-19-22-25-27-29-31-34-36-39-42-45-48-51-57(66)73-54-56(75-58(67)52-49-46-43-40-38-35-32-30-28-26-23-20-17-14-11-8-5-2)55-74-65-63(61(70)60(69)62(77-65)64(71)72)76-59(68)53-50-47-44-41-37-33-24-21-18-15-12-9-6-3/h7-12,16-21,25-28,31-35,37,44,47,56,60-63,65,69-70H,4-6,13-15,22-24,29-30,36,38-43,45-46,48-55H2,1-3H3,(H,71,72)/b10-7-,11-8-,12-9-,19-16-,20-17-,21-18-,27-25-,28-26-,34-31-,35-32-,37-33-,47-44-. The van der Waals surface area contributed by atoms with Crippen LogP contribution < -0.4 is 0 Å². The van der Waals surface area contributed by atoms with Gasteiger partial charge >= 0.3 is 23.9 Å². The molecule has 0 aromatic rings. The number of aliphatic hydroxyl groups excluding tert-OH is 2. The number of carbonyl (C=O) groups excluding carboxylic acids is 3. The summed E-state index contributed by atoms with van der Waals surface area (Å²) in [5.41, 5.74) is 0. The normalized spacial score (nSPS) is 19.1. The summed E-state index contributed by atoms with van der Waals surface area (Å²) in [7, 11) is 0. The molecule has 6 atom stereocenters. The number of esters is 3. The van der Waals surface area contributed by atoms with Crippen molar-refractivity contribution in [1.29, 1.82) is 0 Å². The lowest BCUT2D eigenvalue weighted by molar-refractivity contribution is -0.301. The van der Waals surface area contributed by atoms with Crippen LogP contribution in [0.1, 0.15) is 188 Å². The molecule has 0 aromatic heterocycles. The van der Waals surface area contributed by atoms with E-state index in [-0.39, 0.29) is 25.9 Å². The molecular weight excluding hydrogens is 973 g/mol. The van der Waals surface area contributed by atoms with Crippen molar-refractivity contribution in [2.75, 3.05) is 13.2 Å². The second kappa shape index (κ2) is 51.4. The second-order valence-electron chi connectivity index (χ2n) is 18.8. The van der Waals surface area contributed by atoms with E-state index in [2.05, 4.69) is 148 Å². The number of carboxylic acids is 1. The number of aliphatic hydroxyl groups is 2. The average Bonchev–Trinajstić information content (AvgIpc) is 3.42. The summed E-state index contributed by atoms with van der Waals surface area (Å²) in [6.45, 7) is 5.55. The highest BCUT2D eigenvalue weighted by atomic mass is 16.7. The third-order valence-electron chi connectivity index (χ3n) is 11.9. The predicted octanol–water partition coefficient (Wildman–Crippen LogP) is 14.8. The quantitative estimate of drug-likeness (QED) is 0.0228. The van der Waals surface area contributed by atoms with E-state index in [4.69, 9.17) is 23.7 Å². The molecule has 3 N–H and O–H groups in total. The first-order chi connectivity index (χ1) is 37.6. The van der Waals surface area contributed by atoms with E-state index in [0.717, 1.165) is 122 Å². The van der Waals surface area contributed by atoms with Gasteiger partial charge in [-0.25, -0.2) is 4.79 Å². The second-order valence-corrected chi connectivity index (χ2v) is 18.8. The van der Waals surface area contributed by atoms with Crippen LogP contribution in [0, 0.1) is 0 Å². The van der Waals surface area contributed by atoms with Crippen molar-refractivity contribution in [2.45, 2.75) is 225 Å². The third-order valence-corrected chi connectivity index (χ3v) is 11.9. The van der Waals surface area contributed by atoms with Crippen molar-refractivity contribution in [3.63, 3.8) is 0 Å². The molecule has 1 fully saturated rings. The number of rotatable bonds is 46. The van der Waals surface area contributed by atoms with Gasteiger partial charge in [0, 0.05) is 19.3 Å². The monoisotopic (exact) mass is 1070 g/mol. The first-order valence-electron chi connectivity index (χ1n) is 28.8. The van der Waals surface area contributed by atoms with E-state index < -0.39 is 67.3 Å². The molecule has 0 spiro atoms. The van der Waals surface area contributed by atoms with Crippen LogP contribution in [0.3, 0.4) is 0 Å². The zero-order valence-corrected chi connectivity index (χ0v) is 47.1. The number of carbonyl (C=O) groups is 4. The molecule has 1 aliphatic heterocycles. The number of ether oxygens (including phenoxy) is 5. The molecule has 430 valence electrons. The Morgan fingerprint density at radius 3 is 1.22 bits per heavy atom. The molecule has 0 aromatic carbocycles. The molecule has 0 bridgehead atoms. The number of hydrogen-bond acceptors (Lipinski definition) is 11. The van der Waals surface area contributed by atoms with Crippen LogP contribution in [0.25, 0.3) is 0 Å². The Morgan fingerprint density at radius 2 is 0.805 bits per heavy atom. The topological polar surface area (TPSA) is 175 Å². The molecular formula is C65H98O12. The number of carboxylic acid groups (broad SMARTS) is 1. The summed E-state index contributed by atoms with van der Waals surface area (Å²) >= 11 is 0. The van der Waals surface area contributed by atoms with E-state index in [1.54, 1.807) is 0 Å². The molecule has 1 rings (SSSR count). The van der Waals surface area contributed by atoms with Crippen LogP contribution in [0.5, 0.6) is 0 Å². The fourth-order valence-corrected chi connectivity index (χ4v) is 7.60. The van der Waals surface area contributed by atoms with E-state index in [9.17, 15) is 34.5 Å². The molecule has 6 unspecified atom stereocenters. The maximum atomic E-state index is 13.1. The van der Waals surface area contributed by atoms with E-state index in [1.165, 1.54) is 0 Å². The lowest BCUT2D eigenvalue weighted by Gasteiger charge is -2.40. The molecule has 0 aliphatic carbocycles. The van der Waals surface area contributed by atoms with Gasteiger partial charge in [0.25, 0.3) is 0 Å². The van der Waals surface area contributed by atoms with Crippen molar-refractivity contribution in [1.82, 2.24) is 0 Å². The van der Waals surface area contributed by atoms with Gasteiger partial charge in [-0.05, 0) is 122 Å². The maximum Gasteiger partial charge on any atom is 0.335 e. The van der Waals surface area contributed by atoms with Crippen molar-refractivity contribution < 1.29 is 58.2 Å². The molecule has 77 heavy (non-hydrogen) atoms. The van der Waals surface area contributed by atoms with Crippen LogP contribution in [-0.2, 0) is 42.9 Å². The van der Waals surface area contributed by atoms with Crippen molar-refractivity contribution >= 4 is 23.9 Å². The Morgan fingerprint density at radius 1 is 0.429 bits per heavy atom. The van der Waals surface area contributed by atoms with E-state index in [0.29, 0.717) is 25.7 Å². The van der Waals surface area contributed by atoms with Gasteiger partial charge in [0.2, 0.25) is 0 Å². The highest BCUT2D eigenvalue weighted by Gasteiger charge is 2.50. The molecule has 12 nitrogen and oxygen atoms in total. The number of hydrogen-bond donors (Lipinski definition) is 3. The van der Waals surface area contributed by atoms with Crippen LogP contribution >= 0.6 is 0 Å². The molecule has 12 heteroatoms. The van der Waals surface area contributed by atoms with Gasteiger partial charge < -0.3 is 39.0 Å². The molecule has 0 amide bonds. The minimum absolute atomic E-state index is 0.0749. The van der Waals surface area contributed by atoms with Crippen molar-refractivity contribution in [2.24, 2.45) is 0 Å². The van der Waals surface area contributed by atoms with Crippen LogP contribution in [0.15, 0.2) is 146 Å². The lowest BCUT2D eigenvalue weighted by Crippen LogP contribution is -2.61. The summed E-state index contributed by atoms with van der Waals surface area (Å²) in [4.78, 5) is 51.1. The Kier molecular flexibility index (Phi) is 46.4. The van der Waals surface area contributed by atoms with Crippen molar-refractivity contribution in [3.05, 3.63) is 146 Å². The highest BCUT2D eigenvalue weighted by Crippen LogP contribution is 2.26. The molecule has 1 heterocycles. The number of allylic oxidation sites excluding steroid dienone is 24. The van der Waals surface area contributed by atoms with Gasteiger partial charge in [0.05, 0.1) is 6.61 Å². The summed E-state index contributed by atoms with van der Waals surface area (Å²) in [6.07, 6.45) is 61.2. The molecule has 1 saturated heterocycles. The number of aliphatic carboxylic acids is 1. The fraction of sp³-hybridized carbons (Fsp3) is 0.569. The van der Waals surface area contributed by atoms with Gasteiger partial charge in [-0.2, -0.15) is 0 Å². The zero-order chi connectivity index (χ0) is 56.1. The largest absolute Gasteiger partial charge is 0.479 e. The molecule has 1 aliphatic rings. The number of unbranched alkanes of at least 4 members (excludes halogenated alkanes) is 8. The lowest BCUT2D eigenvalue weighted by atomic mass is 9.98. The highest BCUT2D eigenvalue weighted by molar-refractivity contribution is 5.74. The van der Waals surface area contributed by atoms with Gasteiger partial charge in [-0.3, -0.25) is 14.4 Å². The van der Waals surface area contributed by atoms with Gasteiger partial charge in [-0.1, -0.05) is 192 Å². The summed E-state index contributed by atoms with van der Waals surface area (Å²) in [5, 5.41) is 31.4. The predicted molar refractivity (Wildman–Crippen MR) is 312 cm³/mol. The zero-order valence-electron chi connectivity index (χ0n) is 47.1. The minimum Gasteiger partial charge on any atom is -0.479 e. The Hall–Kier alpha value is -5.40. The van der Waals surface area contributed by atoms with E-state index in [1.807, 2.05) is 18.2 Å². The van der Waals surface area contributed by atoms with Crippen LogP contribution in [0.4, 0.5) is 0 Å². The van der Waals surface area contributed by atoms with Crippen LogP contribution in [0.2, 0.25) is 0 Å². The first kappa shape index (κ1) is 69.6. The Balaban J connectivity index is 2.78.